The predicted molar refractivity (Wildman–Crippen MR) is 197 cm³/mol. The summed E-state index contributed by atoms with van der Waals surface area (Å²) in [6.07, 6.45) is 0.881. The monoisotopic (exact) mass is 852 g/mol. The molecule has 17 heteroatoms. The van der Waals surface area contributed by atoms with E-state index in [2.05, 4.69) is 0 Å². The molecule has 0 N–H and O–H groups in total. The first-order valence-corrected chi connectivity index (χ1v) is 23.5. The first-order valence-electron chi connectivity index (χ1n) is 16.3. The van der Waals surface area contributed by atoms with Crippen LogP contribution in [0.3, 0.4) is 0 Å². The van der Waals surface area contributed by atoms with E-state index in [0.717, 1.165) is 36.4 Å². The first-order chi connectivity index (χ1) is 24.9. The zero-order valence-corrected chi connectivity index (χ0v) is 32.6. The van der Waals surface area contributed by atoms with Crippen molar-refractivity contribution >= 4 is 63.5 Å². The number of halogens is 6. The van der Waals surface area contributed by atoms with Crippen molar-refractivity contribution in [3.05, 3.63) is 129 Å². The Hall–Kier alpha value is -2.82. The van der Waals surface area contributed by atoms with Crippen molar-refractivity contribution in [2.45, 2.75) is 46.0 Å². The lowest BCUT2D eigenvalue weighted by molar-refractivity contribution is 0.425. The van der Waals surface area contributed by atoms with Gasteiger partial charge in [0.15, 0.2) is 19.7 Å². The SMILES string of the molecule is O=S1(=O)CCC(C(c2cc(F)ccc2F)S(=O)(=O)c2ccc(Cl)cc2)CC1.O=S1CCC(C(c2cc(F)ccc2F)S(=O)(=O)c2ccc(Cl)cc2)CC1. The summed E-state index contributed by atoms with van der Waals surface area (Å²) in [5, 5.41) is -1.90. The highest BCUT2D eigenvalue weighted by Crippen LogP contribution is 2.43. The van der Waals surface area contributed by atoms with E-state index in [1.54, 1.807) is 0 Å². The fraction of sp³-hybridized carbons (Fsp3) is 0.333. The Kier molecular flexibility index (Phi) is 13.2. The van der Waals surface area contributed by atoms with Gasteiger partial charge in [-0.1, -0.05) is 23.2 Å². The molecule has 0 amide bonds. The van der Waals surface area contributed by atoms with Gasteiger partial charge in [0.05, 0.1) is 31.8 Å². The van der Waals surface area contributed by atoms with Crippen LogP contribution >= 0.6 is 23.2 Å². The molecule has 0 bridgehead atoms. The molecule has 4 aromatic rings. The lowest BCUT2D eigenvalue weighted by atomic mass is 9.93. The maximum atomic E-state index is 14.5. The number of benzene rings is 4. The molecule has 53 heavy (non-hydrogen) atoms. The van der Waals surface area contributed by atoms with E-state index < -0.39 is 85.9 Å². The van der Waals surface area contributed by atoms with Crippen LogP contribution < -0.4 is 0 Å². The van der Waals surface area contributed by atoms with Crippen molar-refractivity contribution < 1.29 is 47.0 Å². The molecule has 6 rings (SSSR count). The van der Waals surface area contributed by atoms with Crippen LogP contribution in [0.5, 0.6) is 0 Å². The minimum atomic E-state index is -4.11. The summed E-state index contributed by atoms with van der Waals surface area (Å²) in [6, 6.07) is 16.6. The van der Waals surface area contributed by atoms with Crippen LogP contribution in [0.1, 0.15) is 47.3 Å². The Labute approximate surface area is 318 Å². The van der Waals surface area contributed by atoms with Crippen molar-refractivity contribution in [3.8, 4) is 0 Å². The van der Waals surface area contributed by atoms with Crippen LogP contribution in [0.2, 0.25) is 10.0 Å². The smallest absolute Gasteiger partial charge is 0.185 e. The molecule has 4 aromatic carbocycles. The Balaban J connectivity index is 0.000000204. The van der Waals surface area contributed by atoms with Gasteiger partial charge in [-0.25, -0.2) is 42.8 Å². The molecule has 2 heterocycles. The van der Waals surface area contributed by atoms with Gasteiger partial charge in [-0.3, -0.25) is 4.21 Å². The normalized spacial score (nSPS) is 20.5. The maximum absolute atomic E-state index is 14.5. The standard InChI is InChI=1S/C18H17ClF2O4S2.C18H17ClF2O3S2/c19-13-1-4-15(5-2-13)27(24,25)18(12-7-9-26(22,23)10-8-12)16-11-14(20)3-6-17(16)21;19-13-1-4-15(5-2-13)26(23,24)18(12-7-9-25(22)10-8-12)16-11-14(20)3-6-17(16)21/h1-6,11-12,18H,7-10H2;1-6,11-12,18H,7-10H2. The van der Waals surface area contributed by atoms with Crippen LogP contribution in [0.15, 0.2) is 94.7 Å². The van der Waals surface area contributed by atoms with E-state index in [0.29, 0.717) is 34.4 Å². The van der Waals surface area contributed by atoms with Crippen molar-refractivity contribution in [1.29, 1.82) is 0 Å². The lowest BCUT2D eigenvalue weighted by Gasteiger charge is -2.30. The fourth-order valence-corrected chi connectivity index (χ4v) is 14.0. The third-order valence-electron chi connectivity index (χ3n) is 9.37. The minimum absolute atomic E-state index is 0.00209. The zero-order valence-electron chi connectivity index (χ0n) is 27.8. The average molecular weight is 854 g/mol. The predicted octanol–water partition coefficient (Wildman–Crippen LogP) is 8.25. The summed E-state index contributed by atoms with van der Waals surface area (Å²) < 4.78 is 145. The molecule has 2 aliphatic rings. The Morgan fingerprint density at radius 3 is 1.32 bits per heavy atom. The summed E-state index contributed by atoms with van der Waals surface area (Å²) in [4.78, 5) is -0.0729. The van der Waals surface area contributed by atoms with E-state index in [-0.39, 0.29) is 45.3 Å². The second-order valence-corrected chi connectivity index (χ2v) is 21.9. The molecule has 7 nitrogen and oxygen atoms in total. The van der Waals surface area contributed by atoms with E-state index in [1.807, 2.05) is 0 Å². The zero-order chi connectivity index (χ0) is 38.7. The highest BCUT2D eigenvalue weighted by Gasteiger charge is 2.41. The molecule has 2 atom stereocenters. The summed E-state index contributed by atoms with van der Waals surface area (Å²) in [6.45, 7) is 0. The highest BCUT2D eigenvalue weighted by molar-refractivity contribution is 7.92. The summed E-state index contributed by atoms with van der Waals surface area (Å²) in [5.74, 6) is -3.79. The van der Waals surface area contributed by atoms with Crippen molar-refractivity contribution in [2.24, 2.45) is 11.8 Å². The first kappa shape index (κ1) is 41.3. The molecule has 0 aromatic heterocycles. The number of sulfone groups is 3. The fourth-order valence-electron chi connectivity index (χ4n) is 6.68. The Bertz CT molecular complexity index is 2280. The largest absolute Gasteiger partial charge is 0.260 e. The van der Waals surface area contributed by atoms with Crippen molar-refractivity contribution in [3.63, 3.8) is 0 Å². The Morgan fingerprint density at radius 2 is 0.943 bits per heavy atom. The van der Waals surface area contributed by atoms with Crippen LogP contribution in [0.4, 0.5) is 17.6 Å². The van der Waals surface area contributed by atoms with Gasteiger partial charge in [-0.05, 0) is 122 Å². The molecular formula is C36H34Cl2F4O7S4. The van der Waals surface area contributed by atoms with Gasteiger partial charge in [0.25, 0.3) is 0 Å². The van der Waals surface area contributed by atoms with Crippen LogP contribution in [-0.2, 0) is 40.3 Å². The van der Waals surface area contributed by atoms with Gasteiger partial charge in [0.1, 0.15) is 33.1 Å². The van der Waals surface area contributed by atoms with Gasteiger partial charge in [0, 0.05) is 43.5 Å². The quantitative estimate of drug-likeness (QED) is 0.164. The number of rotatable bonds is 8. The third-order valence-corrected chi connectivity index (χ3v) is 17.4. The molecule has 0 saturated carbocycles. The molecule has 2 saturated heterocycles. The van der Waals surface area contributed by atoms with Crippen LogP contribution in [-0.4, -0.2) is 52.5 Å². The molecule has 0 spiro atoms. The summed E-state index contributed by atoms with van der Waals surface area (Å²) in [5.41, 5.74) is -0.466. The van der Waals surface area contributed by atoms with Gasteiger partial charge < -0.3 is 0 Å². The molecule has 2 aliphatic heterocycles. The van der Waals surface area contributed by atoms with Crippen molar-refractivity contribution in [1.82, 2.24) is 0 Å². The van der Waals surface area contributed by atoms with Crippen LogP contribution in [0.25, 0.3) is 0 Å². The summed E-state index contributed by atoms with van der Waals surface area (Å²) >= 11 is 11.6. The third kappa shape index (κ3) is 9.90. The summed E-state index contributed by atoms with van der Waals surface area (Å²) in [7, 11) is -12.3. The average Bonchev–Trinajstić information content (AvgIpc) is 3.10. The van der Waals surface area contributed by atoms with Gasteiger partial charge >= 0.3 is 0 Å². The van der Waals surface area contributed by atoms with Crippen molar-refractivity contribution in [2.75, 3.05) is 23.0 Å². The molecular weight excluding hydrogens is 820 g/mol. The molecule has 2 fully saturated rings. The van der Waals surface area contributed by atoms with Crippen LogP contribution in [0, 0.1) is 35.1 Å². The van der Waals surface area contributed by atoms with E-state index in [1.165, 1.54) is 48.5 Å². The Morgan fingerprint density at radius 1 is 0.585 bits per heavy atom. The van der Waals surface area contributed by atoms with Gasteiger partial charge in [-0.2, -0.15) is 0 Å². The van der Waals surface area contributed by atoms with Gasteiger partial charge in [-0.15, -0.1) is 0 Å². The minimum Gasteiger partial charge on any atom is -0.260 e. The number of hydrogen-bond donors (Lipinski definition) is 0. The van der Waals surface area contributed by atoms with E-state index >= 15 is 0 Å². The topological polar surface area (TPSA) is 119 Å². The second kappa shape index (κ2) is 16.9. The maximum Gasteiger partial charge on any atom is 0.185 e. The number of hydrogen-bond acceptors (Lipinski definition) is 7. The molecule has 286 valence electrons. The lowest BCUT2D eigenvalue weighted by Crippen LogP contribution is -2.31. The molecule has 0 aliphatic carbocycles. The second-order valence-electron chi connectivity index (χ2n) is 12.8. The molecule has 2 unspecified atom stereocenters. The van der Waals surface area contributed by atoms with Gasteiger partial charge in [0.2, 0.25) is 0 Å². The highest BCUT2D eigenvalue weighted by atomic mass is 35.5. The molecule has 0 radical (unpaired) electrons. The van der Waals surface area contributed by atoms with E-state index in [9.17, 15) is 47.0 Å². The van der Waals surface area contributed by atoms with E-state index in [4.69, 9.17) is 23.2 Å².